The van der Waals surface area contributed by atoms with Gasteiger partial charge in [-0.2, -0.15) is 0 Å². The smallest absolute Gasteiger partial charge is 0.146 e. The summed E-state index contributed by atoms with van der Waals surface area (Å²) in [5, 5.41) is 13.3. The van der Waals surface area contributed by atoms with Crippen LogP contribution in [0, 0.1) is 15.5 Å². The molecule has 2 aromatic carbocycles. The second kappa shape index (κ2) is 24.9. The van der Waals surface area contributed by atoms with Gasteiger partial charge >= 0.3 is 0 Å². The molecule has 6 heterocycles. The van der Waals surface area contributed by atoms with Crippen LogP contribution in [0.5, 0.6) is 0 Å². The highest BCUT2D eigenvalue weighted by molar-refractivity contribution is 14.1. The Bertz CT molecular complexity index is 2340. The number of rotatable bonds is 17. The summed E-state index contributed by atoms with van der Waals surface area (Å²) in [6.45, 7) is 22.7. The molecule has 350 valence electrons. The fourth-order valence-corrected chi connectivity index (χ4v) is 10.3. The third-order valence-electron chi connectivity index (χ3n) is 12.0. The molecule has 6 aromatic rings. The number of aromatic nitrogens is 6. The molecular formula is C50H71IN8O4Si2. The summed E-state index contributed by atoms with van der Waals surface area (Å²) in [6.07, 6.45) is 12.0. The summed E-state index contributed by atoms with van der Waals surface area (Å²) in [7, 11) is -2.11. The predicted molar refractivity (Wildman–Crippen MR) is 276 cm³/mol. The Morgan fingerprint density at radius 1 is 0.692 bits per heavy atom. The number of ether oxygens (including phenoxy) is 2. The molecule has 0 saturated carbocycles. The second-order valence-electron chi connectivity index (χ2n) is 20.0. The van der Waals surface area contributed by atoms with Gasteiger partial charge in [-0.1, -0.05) is 99.9 Å². The molecule has 0 bridgehead atoms. The number of nitrogens with zero attached hydrogens (tertiary/aromatic N) is 8. The Hall–Kier alpha value is -3.69. The molecular weight excluding hydrogens is 960 g/mol. The summed E-state index contributed by atoms with van der Waals surface area (Å²) >= 11 is 2.23. The molecule has 0 spiro atoms. The van der Waals surface area contributed by atoms with E-state index in [9.17, 15) is 9.90 Å². The van der Waals surface area contributed by atoms with Crippen LogP contribution in [0.2, 0.25) is 51.4 Å². The molecule has 2 aliphatic rings. The third kappa shape index (κ3) is 16.3. The fourth-order valence-electron chi connectivity index (χ4n) is 8.27. The average molecular weight is 1030 g/mol. The number of aliphatic hydroxyl groups is 1. The minimum Gasteiger partial charge on any atom is -0.386 e. The van der Waals surface area contributed by atoms with Gasteiger partial charge in [0.15, 0.2) is 0 Å². The van der Waals surface area contributed by atoms with E-state index in [-0.39, 0.29) is 11.8 Å². The van der Waals surface area contributed by atoms with Crippen molar-refractivity contribution in [2.45, 2.75) is 110 Å². The Kier molecular flexibility index (Phi) is 19.4. The fraction of sp³-hybridized carbons (Fsp3) is 0.500. The molecule has 1 N–H and O–H groups in total. The van der Waals surface area contributed by atoms with E-state index in [1.807, 2.05) is 39.7 Å². The van der Waals surface area contributed by atoms with Crippen LogP contribution in [0.3, 0.4) is 0 Å². The molecule has 12 nitrogen and oxygen atoms in total. The highest BCUT2D eigenvalue weighted by atomic mass is 127. The lowest BCUT2D eigenvalue weighted by atomic mass is 9.89. The van der Waals surface area contributed by atoms with Crippen molar-refractivity contribution in [1.29, 1.82) is 0 Å². The topological polar surface area (TPSA) is 124 Å². The van der Waals surface area contributed by atoms with Crippen molar-refractivity contribution >= 4 is 67.1 Å². The van der Waals surface area contributed by atoms with E-state index in [1.165, 1.54) is 17.2 Å². The van der Waals surface area contributed by atoms with Gasteiger partial charge in [0.05, 0.1) is 11.1 Å². The summed E-state index contributed by atoms with van der Waals surface area (Å²) in [5.41, 5.74) is 5.17. The molecule has 2 aliphatic heterocycles. The first-order valence-electron chi connectivity index (χ1n) is 23.3. The first-order chi connectivity index (χ1) is 31.3. The standard InChI is InChI=1S/C25H36N4O2Si.C13H17NO.C12H18IN3OSi/c1-32(2,3)15-14-31-19-29-13-11-22-23(26-18-27-25(22)29)24(30)21-10-7-12-28(17-21)16-20-8-5-4-6-9-20;15-11-13-7-4-8-14(10-13)9-12-5-2-1-3-6-12;1-18(2,3)7-6-17-9-16-5-4-10-11(13)14-8-15-12(10)16/h4-6,8-9,11,13,18,21,24,30H,7,10,12,14-17,19H2,1-3H3;1-3,5-6,11,13H,4,7-10H2;4-5,8H,6-7,9H2,1-3H3. The van der Waals surface area contributed by atoms with Crippen LogP contribution in [0.15, 0.2) is 97.8 Å². The maximum atomic E-state index is 11.3. The zero-order chi connectivity index (χ0) is 46.2. The summed E-state index contributed by atoms with van der Waals surface area (Å²) in [4.78, 5) is 33.0. The normalized spacial score (nSPS) is 17.8. The molecule has 0 amide bonds. The highest BCUT2D eigenvalue weighted by Crippen LogP contribution is 2.33. The number of carbonyl (C=O) groups is 1. The lowest BCUT2D eigenvalue weighted by Crippen LogP contribution is -2.37. The van der Waals surface area contributed by atoms with Crippen molar-refractivity contribution in [3.8, 4) is 0 Å². The maximum Gasteiger partial charge on any atom is 0.146 e. The zero-order valence-electron chi connectivity index (χ0n) is 39.5. The number of piperidine rings is 2. The van der Waals surface area contributed by atoms with E-state index in [2.05, 4.69) is 146 Å². The molecule has 0 aliphatic carbocycles. The molecule has 15 heteroatoms. The van der Waals surface area contributed by atoms with Crippen LogP contribution in [0.4, 0.5) is 0 Å². The van der Waals surface area contributed by atoms with Crippen molar-refractivity contribution in [1.82, 2.24) is 38.9 Å². The van der Waals surface area contributed by atoms with Gasteiger partial charge in [0.1, 0.15) is 53.5 Å². The number of likely N-dealkylation sites (tertiary alicyclic amines) is 2. The van der Waals surface area contributed by atoms with Gasteiger partial charge in [-0.25, -0.2) is 19.9 Å². The number of hydrogen-bond donors (Lipinski definition) is 1. The summed E-state index contributed by atoms with van der Waals surface area (Å²) in [6, 6.07) is 27.4. The van der Waals surface area contributed by atoms with Crippen LogP contribution in [-0.2, 0) is 40.8 Å². The molecule has 65 heavy (non-hydrogen) atoms. The third-order valence-corrected chi connectivity index (χ3v) is 16.3. The number of hydrogen-bond acceptors (Lipinski definition) is 10. The Morgan fingerprint density at radius 2 is 1.20 bits per heavy atom. The van der Waals surface area contributed by atoms with E-state index >= 15 is 0 Å². The number of aldehydes is 1. The number of aliphatic hydroxyl groups excluding tert-OH is 1. The van der Waals surface area contributed by atoms with Crippen LogP contribution >= 0.6 is 22.6 Å². The van der Waals surface area contributed by atoms with Crippen molar-refractivity contribution in [2.24, 2.45) is 11.8 Å². The lowest BCUT2D eigenvalue weighted by molar-refractivity contribution is -0.112. The minimum atomic E-state index is -1.10. The largest absolute Gasteiger partial charge is 0.386 e. The maximum absolute atomic E-state index is 11.3. The van der Waals surface area contributed by atoms with Crippen molar-refractivity contribution < 1.29 is 19.4 Å². The van der Waals surface area contributed by atoms with Gasteiger partial charge in [-0.05, 0) is 96.7 Å². The lowest BCUT2D eigenvalue weighted by Gasteiger charge is -2.35. The Balaban J connectivity index is 0.000000178. The minimum absolute atomic E-state index is 0.168. The SMILES string of the molecule is C[Si](C)(C)CCOCn1ccc2c(C(O)C3CCCN(Cc4ccccc4)C3)ncnc21.C[Si](C)(C)CCOCn1ccc2c(I)ncnc21.O=CC1CCCN(Cc2ccccc2)C1. The second-order valence-corrected chi connectivity index (χ2v) is 32.3. The van der Waals surface area contributed by atoms with E-state index < -0.39 is 22.3 Å². The quantitative estimate of drug-likeness (QED) is 0.0311. The van der Waals surface area contributed by atoms with Crippen molar-refractivity contribution in [3.05, 3.63) is 118 Å². The van der Waals surface area contributed by atoms with Gasteiger partial charge in [0.25, 0.3) is 0 Å². The zero-order valence-corrected chi connectivity index (χ0v) is 43.6. The number of halogens is 1. The first kappa shape index (κ1) is 50.7. The van der Waals surface area contributed by atoms with Crippen molar-refractivity contribution in [3.63, 3.8) is 0 Å². The molecule has 0 radical (unpaired) electrons. The molecule has 2 fully saturated rings. The van der Waals surface area contributed by atoms with E-state index in [0.29, 0.717) is 13.5 Å². The Morgan fingerprint density at radius 3 is 1.75 bits per heavy atom. The first-order valence-corrected chi connectivity index (χ1v) is 31.8. The van der Waals surface area contributed by atoms with Gasteiger partial charge in [-0.3, -0.25) is 9.80 Å². The van der Waals surface area contributed by atoms with Crippen LogP contribution in [0.1, 0.15) is 48.6 Å². The van der Waals surface area contributed by atoms with Crippen LogP contribution < -0.4 is 0 Å². The molecule has 3 unspecified atom stereocenters. The predicted octanol–water partition coefficient (Wildman–Crippen LogP) is 10.1. The van der Waals surface area contributed by atoms with Gasteiger partial charge in [0.2, 0.25) is 0 Å². The van der Waals surface area contributed by atoms with Crippen molar-refractivity contribution in [2.75, 3.05) is 39.4 Å². The monoisotopic (exact) mass is 1030 g/mol. The Labute approximate surface area is 402 Å². The van der Waals surface area contributed by atoms with Crippen LogP contribution in [-0.4, -0.2) is 106 Å². The van der Waals surface area contributed by atoms with Gasteiger partial charge < -0.3 is 28.5 Å². The average Bonchev–Trinajstić information content (AvgIpc) is 3.92. The number of carbonyl (C=O) groups excluding carboxylic acids is 1. The molecule has 4 aromatic heterocycles. The number of fused-ring (bicyclic) bond motifs is 2. The van der Waals surface area contributed by atoms with E-state index in [4.69, 9.17) is 9.47 Å². The highest BCUT2D eigenvalue weighted by Gasteiger charge is 2.30. The summed E-state index contributed by atoms with van der Waals surface area (Å²) in [5.74, 6) is 0.421. The molecule has 2 saturated heterocycles. The molecule has 3 atom stereocenters. The number of benzene rings is 2. The molecule has 8 rings (SSSR count). The van der Waals surface area contributed by atoms with Crippen LogP contribution in [0.25, 0.3) is 22.1 Å². The summed E-state index contributed by atoms with van der Waals surface area (Å²) < 4.78 is 16.7. The van der Waals surface area contributed by atoms with E-state index in [1.54, 1.807) is 12.7 Å². The van der Waals surface area contributed by atoms with Gasteiger partial charge in [0, 0.05) is 85.2 Å². The van der Waals surface area contributed by atoms with Gasteiger partial charge in [-0.15, -0.1) is 0 Å². The van der Waals surface area contributed by atoms with E-state index in [0.717, 1.165) is 122 Å².